The predicted molar refractivity (Wildman–Crippen MR) is 79.7 cm³/mol. The number of benzene rings is 1. The molecule has 1 fully saturated rings. The zero-order valence-electron chi connectivity index (χ0n) is 12.6. The van der Waals surface area contributed by atoms with E-state index in [2.05, 4.69) is 5.32 Å². The van der Waals surface area contributed by atoms with Crippen molar-refractivity contribution in [2.45, 2.75) is 31.9 Å². The zero-order chi connectivity index (χ0) is 15.0. The monoisotopic (exact) mass is 290 g/mol. The highest BCUT2D eigenvalue weighted by molar-refractivity contribution is 5.77. The first-order chi connectivity index (χ1) is 9.98. The highest BCUT2D eigenvalue weighted by Gasteiger charge is 2.37. The van der Waals surface area contributed by atoms with Gasteiger partial charge < -0.3 is 15.2 Å². The van der Waals surface area contributed by atoms with Crippen LogP contribution in [0.5, 0.6) is 5.75 Å². The Hall–Kier alpha value is -1.59. The molecular formula is C16H22N2O3. The number of fused-ring (bicyclic) bond motifs is 1. The number of carboxylic acids is 1. The number of carbonyl (C=O) groups is 1. The van der Waals surface area contributed by atoms with Crippen LogP contribution >= 0.6 is 0 Å². The van der Waals surface area contributed by atoms with Gasteiger partial charge >= 0.3 is 5.97 Å². The Morgan fingerprint density at radius 3 is 2.76 bits per heavy atom. The second-order valence-corrected chi connectivity index (χ2v) is 6.40. The van der Waals surface area contributed by atoms with E-state index in [1.165, 1.54) is 0 Å². The van der Waals surface area contributed by atoms with Crippen LogP contribution in [0.25, 0.3) is 0 Å². The van der Waals surface area contributed by atoms with Crippen LogP contribution in [0, 0.1) is 0 Å². The fourth-order valence-electron chi connectivity index (χ4n) is 3.28. The normalized spacial score (nSPS) is 22.4. The lowest BCUT2D eigenvalue weighted by Gasteiger charge is -2.33. The third-order valence-corrected chi connectivity index (χ3v) is 4.17. The van der Waals surface area contributed by atoms with Gasteiger partial charge in [0.2, 0.25) is 0 Å². The Bertz CT molecular complexity index is 550. The van der Waals surface area contributed by atoms with Gasteiger partial charge in [-0.2, -0.15) is 0 Å². The quantitative estimate of drug-likeness (QED) is 0.882. The summed E-state index contributed by atoms with van der Waals surface area (Å²) in [5.74, 6) is -0.0351. The molecule has 2 aliphatic heterocycles. The summed E-state index contributed by atoms with van der Waals surface area (Å²) in [6, 6.07) is 5.23. The van der Waals surface area contributed by atoms with E-state index in [4.69, 9.17) is 4.74 Å². The van der Waals surface area contributed by atoms with E-state index in [0.29, 0.717) is 0 Å². The van der Waals surface area contributed by atoms with Crippen molar-refractivity contribution >= 4 is 5.97 Å². The molecule has 1 saturated heterocycles. The van der Waals surface area contributed by atoms with Gasteiger partial charge in [-0.25, -0.2) is 0 Å². The van der Waals surface area contributed by atoms with E-state index < -0.39 is 12.0 Å². The van der Waals surface area contributed by atoms with Gasteiger partial charge in [-0.05, 0) is 19.4 Å². The summed E-state index contributed by atoms with van der Waals surface area (Å²) in [6.07, 6.45) is 0.823. The summed E-state index contributed by atoms with van der Waals surface area (Å²) in [7, 11) is 0. The Morgan fingerprint density at radius 1 is 1.38 bits per heavy atom. The number of aliphatic carboxylic acids is 1. The summed E-state index contributed by atoms with van der Waals surface area (Å²) in [4.78, 5) is 13.9. The molecule has 0 amide bonds. The number of carboxylic acid groups (broad SMARTS) is 1. The third kappa shape index (κ3) is 2.76. The molecular weight excluding hydrogens is 268 g/mol. The van der Waals surface area contributed by atoms with Crippen LogP contribution in [0.2, 0.25) is 0 Å². The van der Waals surface area contributed by atoms with E-state index in [-0.39, 0.29) is 5.60 Å². The molecule has 114 valence electrons. The first kappa shape index (κ1) is 14.4. The molecule has 1 unspecified atom stereocenters. The fraction of sp³-hybridized carbons (Fsp3) is 0.562. The SMILES string of the molecule is CC1(C)Cc2cccc(C(C(=O)O)N3CCNCC3)c2O1. The first-order valence-electron chi connectivity index (χ1n) is 7.46. The molecule has 21 heavy (non-hydrogen) atoms. The van der Waals surface area contributed by atoms with Gasteiger partial charge in [0.25, 0.3) is 0 Å². The van der Waals surface area contributed by atoms with Crippen molar-refractivity contribution in [2.75, 3.05) is 26.2 Å². The number of hydrogen-bond donors (Lipinski definition) is 2. The fourth-order valence-corrected chi connectivity index (χ4v) is 3.28. The summed E-state index contributed by atoms with van der Waals surface area (Å²) >= 11 is 0. The van der Waals surface area contributed by atoms with Crippen LogP contribution in [0.4, 0.5) is 0 Å². The summed E-state index contributed by atoms with van der Waals surface area (Å²) in [6.45, 7) is 7.21. The minimum Gasteiger partial charge on any atom is -0.487 e. The Labute approximate surface area is 124 Å². The van der Waals surface area contributed by atoms with Crippen molar-refractivity contribution in [1.29, 1.82) is 0 Å². The third-order valence-electron chi connectivity index (χ3n) is 4.17. The van der Waals surface area contributed by atoms with Gasteiger partial charge in [-0.3, -0.25) is 9.69 Å². The number of ether oxygens (including phenoxy) is 1. The molecule has 0 saturated carbocycles. The van der Waals surface area contributed by atoms with Gasteiger partial charge in [0.15, 0.2) is 0 Å². The zero-order valence-corrected chi connectivity index (χ0v) is 12.6. The maximum atomic E-state index is 11.8. The van der Waals surface area contributed by atoms with E-state index >= 15 is 0 Å². The number of rotatable bonds is 3. The maximum absolute atomic E-state index is 11.8. The van der Waals surface area contributed by atoms with Crippen molar-refractivity contribution < 1.29 is 14.6 Å². The van der Waals surface area contributed by atoms with Crippen LogP contribution in [-0.4, -0.2) is 47.8 Å². The molecule has 2 N–H and O–H groups in total. The molecule has 2 aliphatic rings. The first-order valence-corrected chi connectivity index (χ1v) is 7.46. The number of nitrogens with one attached hydrogen (secondary N) is 1. The molecule has 2 heterocycles. The van der Waals surface area contributed by atoms with Crippen molar-refractivity contribution in [3.8, 4) is 5.75 Å². The van der Waals surface area contributed by atoms with Crippen molar-refractivity contribution in [2.24, 2.45) is 0 Å². The molecule has 0 aromatic heterocycles. The standard InChI is InChI=1S/C16H22N2O3/c1-16(2)10-11-4-3-5-12(14(11)21-16)13(15(19)20)18-8-6-17-7-9-18/h3-5,13,17H,6-10H2,1-2H3,(H,19,20). The lowest BCUT2D eigenvalue weighted by atomic mass is 9.97. The minimum atomic E-state index is -0.807. The average Bonchev–Trinajstić information content (AvgIpc) is 2.75. The number of hydrogen-bond acceptors (Lipinski definition) is 4. The highest BCUT2D eigenvalue weighted by atomic mass is 16.5. The van der Waals surface area contributed by atoms with Crippen molar-refractivity contribution in [1.82, 2.24) is 10.2 Å². The molecule has 1 aromatic carbocycles. The maximum Gasteiger partial charge on any atom is 0.325 e. The Kier molecular flexibility index (Phi) is 3.63. The van der Waals surface area contributed by atoms with Gasteiger partial charge in [0.1, 0.15) is 17.4 Å². The summed E-state index contributed by atoms with van der Waals surface area (Å²) in [5.41, 5.74) is 1.64. The molecule has 0 radical (unpaired) electrons. The lowest BCUT2D eigenvalue weighted by Crippen LogP contribution is -2.47. The molecule has 0 spiro atoms. The second-order valence-electron chi connectivity index (χ2n) is 6.40. The average molecular weight is 290 g/mol. The Morgan fingerprint density at radius 2 is 2.10 bits per heavy atom. The van der Waals surface area contributed by atoms with Crippen LogP contribution in [0.15, 0.2) is 18.2 Å². The summed E-state index contributed by atoms with van der Waals surface area (Å²) < 4.78 is 6.04. The van der Waals surface area contributed by atoms with Gasteiger partial charge in [-0.15, -0.1) is 0 Å². The van der Waals surface area contributed by atoms with Crippen molar-refractivity contribution in [3.05, 3.63) is 29.3 Å². The lowest BCUT2D eigenvalue weighted by molar-refractivity contribution is -0.144. The molecule has 5 nitrogen and oxygen atoms in total. The van der Waals surface area contributed by atoms with Crippen LogP contribution < -0.4 is 10.1 Å². The van der Waals surface area contributed by atoms with Crippen LogP contribution in [-0.2, 0) is 11.2 Å². The molecule has 1 atom stereocenters. The molecule has 0 bridgehead atoms. The number of piperazine rings is 1. The van der Waals surface area contributed by atoms with Gasteiger partial charge in [-0.1, -0.05) is 18.2 Å². The van der Waals surface area contributed by atoms with E-state index in [1.807, 2.05) is 36.9 Å². The molecule has 5 heteroatoms. The Balaban J connectivity index is 1.98. The van der Waals surface area contributed by atoms with E-state index in [1.54, 1.807) is 0 Å². The topological polar surface area (TPSA) is 61.8 Å². The highest BCUT2D eigenvalue weighted by Crippen LogP contribution is 2.41. The van der Waals surface area contributed by atoms with Gasteiger partial charge in [0, 0.05) is 38.2 Å². The smallest absolute Gasteiger partial charge is 0.325 e. The summed E-state index contributed by atoms with van der Waals surface area (Å²) in [5, 5.41) is 13.0. The predicted octanol–water partition coefficient (Wildman–Crippen LogP) is 1.43. The molecule has 1 aromatic rings. The van der Waals surface area contributed by atoms with Gasteiger partial charge in [0.05, 0.1) is 0 Å². The second kappa shape index (κ2) is 5.31. The molecule has 3 rings (SSSR count). The number of para-hydroxylation sites is 1. The van der Waals surface area contributed by atoms with E-state index in [0.717, 1.165) is 49.5 Å². The number of nitrogens with zero attached hydrogens (tertiary/aromatic N) is 1. The minimum absolute atomic E-state index is 0.259. The molecule has 0 aliphatic carbocycles. The largest absolute Gasteiger partial charge is 0.487 e. The van der Waals surface area contributed by atoms with E-state index in [9.17, 15) is 9.90 Å². The van der Waals surface area contributed by atoms with Crippen LogP contribution in [0.1, 0.15) is 31.0 Å². The van der Waals surface area contributed by atoms with Crippen LogP contribution in [0.3, 0.4) is 0 Å². The van der Waals surface area contributed by atoms with Crippen molar-refractivity contribution in [3.63, 3.8) is 0 Å².